The monoisotopic (exact) mass is 467 g/mol. The Morgan fingerprint density at radius 1 is 0.829 bits per heavy atom. The lowest BCUT2D eigenvalue weighted by Crippen LogP contribution is -2.18. The third kappa shape index (κ3) is 5.62. The van der Waals surface area contributed by atoms with E-state index in [9.17, 15) is 9.59 Å². The minimum Gasteiger partial charge on any atom is -0.332 e. The molecule has 0 fully saturated rings. The number of hydrogen-bond acceptors (Lipinski definition) is 2. The van der Waals surface area contributed by atoms with E-state index in [0.29, 0.717) is 12.2 Å². The van der Waals surface area contributed by atoms with Gasteiger partial charge in [0.25, 0.3) is 5.91 Å². The Morgan fingerprint density at radius 3 is 2.14 bits per heavy atom. The van der Waals surface area contributed by atoms with Crippen LogP contribution < -0.4 is 10.6 Å². The molecular weight excluding hydrogens is 434 g/mol. The van der Waals surface area contributed by atoms with Crippen LogP contribution in [0.1, 0.15) is 56.2 Å². The van der Waals surface area contributed by atoms with E-state index < -0.39 is 0 Å². The number of rotatable bonds is 6. The van der Waals surface area contributed by atoms with E-state index in [-0.39, 0.29) is 23.1 Å². The lowest BCUT2D eigenvalue weighted by molar-refractivity contribution is -0.118. The summed E-state index contributed by atoms with van der Waals surface area (Å²) in [5.41, 5.74) is 5.43. The topological polar surface area (TPSA) is 63.1 Å². The quantitative estimate of drug-likeness (QED) is 0.326. The molecule has 2 N–H and O–H groups in total. The van der Waals surface area contributed by atoms with Crippen LogP contribution in [0.4, 0.5) is 11.4 Å². The Kier molecular flexibility index (Phi) is 6.79. The number of hydrogen-bond donors (Lipinski definition) is 2. The van der Waals surface area contributed by atoms with Crippen molar-refractivity contribution in [2.75, 3.05) is 10.6 Å². The van der Waals surface area contributed by atoms with Crippen molar-refractivity contribution in [2.24, 2.45) is 5.92 Å². The van der Waals surface area contributed by atoms with Gasteiger partial charge in [0, 0.05) is 34.7 Å². The third-order valence-electron chi connectivity index (χ3n) is 6.12. The number of para-hydroxylation sites is 1. The highest BCUT2D eigenvalue weighted by atomic mass is 16.2. The van der Waals surface area contributed by atoms with Crippen molar-refractivity contribution < 1.29 is 9.59 Å². The highest BCUT2D eigenvalue weighted by molar-refractivity contribution is 6.07. The average Bonchev–Trinajstić information content (AvgIpc) is 3.17. The molecule has 3 aromatic carbocycles. The van der Waals surface area contributed by atoms with Gasteiger partial charge in [0.05, 0.1) is 0 Å². The second-order valence-electron chi connectivity index (χ2n) is 10.3. The van der Waals surface area contributed by atoms with Crippen molar-refractivity contribution in [1.82, 2.24) is 4.57 Å². The molecule has 4 rings (SSSR count). The van der Waals surface area contributed by atoms with E-state index in [0.717, 1.165) is 27.8 Å². The molecule has 1 heterocycles. The molecule has 5 heteroatoms. The van der Waals surface area contributed by atoms with Crippen molar-refractivity contribution in [3.63, 3.8) is 0 Å². The number of nitrogens with one attached hydrogen (secondary N) is 2. The average molecular weight is 468 g/mol. The maximum Gasteiger partial charge on any atom is 0.272 e. The smallest absolute Gasteiger partial charge is 0.272 e. The predicted molar refractivity (Wildman–Crippen MR) is 144 cm³/mol. The van der Waals surface area contributed by atoms with E-state index in [2.05, 4.69) is 55.7 Å². The number of aromatic nitrogens is 1. The van der Waals surface area contributed by atoms with Crippen molar-refractivity contribution in [3.05, 3.63) is 95.7 Å². The molecule has 0 aliphatic carbocycles. The fraction of sp³-hybridized carbons (Fsp3) is 0.267. The molecule has 5 nitrogen and oxygen atoms in total. The largest absolute Gasteiger partial charge is 0.332 e. The summed E-state index contributed by atoms with van der Waals surface area (Å²) in [4.78, 5) is 25.5. The first-order valence-corrected chi connectivity index (χ1v) is 12.0. The second-order valence-corrected chi connectivity index (χ2v) is 10.3. The summed E-state index contributed by atoms with van der Waals surface area (Å²) < 4.78 is 2.04. The number of anilines is 2. The van der Waals surface area contributed by atoms with Gasteiger partial charge in [-0.1, -0.05) is 77.1 Å². The van der Waals surface area contributed by atoms with Gasteiger partial charge < -0.3 is 15.2 Å². The van der Waals surface area contributed by atoms with Gasteiger partial charge in [0.1, 0.15) is 5.69 Å². The van der Waals surface area contributed by atoms with Crippen molar-refractivity contribution in [3.8, 4) is 0 Å². The van der Waals surface area contributed by atoms with Gasteiger partial charge in [-0.25, -0.2) is 0 Å². The van der Waals surface area contributed by atoms with Crippen LogP contribution in [0.25, 0.3) is 10.9 Å². The number of fused-ring (bicyclic) bond motifs is 1. The van der Waals surface area contributed by atoms with Crippen LogP contribution >= 0.6 is 0 Å². The summed E-state index contributed by atoms with van der Waals surface area (Å²) in [5, 5.41) is 6.86. The van der Waals surface area contributed by atoms with Crippen LogP contribution in [0, 0.1) is 5.92 Å². The van der Waals surface area contributed by atoms with E-state index in [1.54, 1.807) is 0 Å². The summed E-state index contributed by atoms with van der Waals surface area (Å²) in [6.45, 7) is 10.9. The van der Waals surface area contributed by atoms with Crippen molar-refractivity contribution >= 4 is 34.1 Å². The van der Waals surface area contributed by atoms with Crippen LogP contribution in [-0.4, -0.2) is 16.4 Å². The first kappa shape index (κ1) is 24.3. The van der Waals surface area contributed by atoms with Crippen LogP contribution in [0.5, 0.6) is 0 Å². The van der Waals surface area contributed by atoms with Gasteiger partial charge in [-0.2, -0.15) is 0 Å². The molecule has 0 unspecified atom stereocenters. The number of amides is 2. The first-order valence-electron chi connectivity index (χ1n) is 12.0. The van der Waals surface area contributed by atoms with Gasteiger partial charge in [0.15, 0.2) is 0 Å². The number of nitrogens with zero attached hydrogens (tertiary/aromatic N) is 1. The zero-order valence-corrected chi connectivity index (χ0v) is 21.1. The van der Waals surface area contributed by atoms with Crippen LogP contribution in [0.15, 0.2) is 78.9 Å². The Balaban J connectivity index is 1.72. The molecule has 35 heavy (non-hydrogen) atoms. The van der Waals surface area contributed by atoms with Gasteiger partial charge in [-0.05, 0) is 52.9 Å². The molecule has 0 saturated heterocycles. The second kappa shape index (κ2) is 9.79. The highest BCUT2D eigenvalue weighted by Gasteiger charge is 2.18. The summed E-state index contributed by atoms with van der Waals surface area (Å²) in [6, 6.07) is 25.7. The fourth-order valence-corrected chi connectivity index (χ4v) is 4.00. The summed E-state index contributed by atoms with van der Waals surface area (Å²) in [6.07, 6.45) is 0. The molecule has 2 amide bonds. The molecule has 180 valence electrons. The minimum atomic E-state index is -0.175. The molecule has 0 radical (unpaired) electrons. The SMILES string of the molecule is CC(C)C(=O)Nc1ccc2c(c1)cc(C(=O)Nc1ccccc1)n2Cc1ccc(C(C)(C)C)cc1. The van der Waals surface area contributed by atoms with E-state index in [1.165, 1.54) is 5.56 Å². The molecule has 0 saturated carbocycles. The summed E-state index contributed by atoms with van der Waals surface area (Å²) in [5.74, 6) is -0.324. The number of carbonyl (C=O) groups is 2. The zero-order valence-electron chi connectivity index (χ0n) is 21.1. The standard InChI is InChI=1S/C30H33N3O2/c1-20(2)28(34)32-25-15-16-26-22(17-25)18-27(29(35)31-24-9-7-6-8-10-24)33(26)19-21-11-13-23(14-12-21)30(3,4)5/h6-18,20H,19H2,1-5H3,(H,31,35)(H,32,34). The van der Waals surface area contributed by atoms with Crippen LogP contribution in [-0.2, 0) is 16.8 Å². The lowest BCUT2D eigenvalue weighted by atomic mass is 9.87. The summed E-state index contributed by atoms with van der Waals surface area (Å²) in [7, 11) is 0. The Labute approximate surface area is 207 Å². The Hall–Kier alpha value is -3.86. The number of benzene rings is 3. The normalized spacial score (nSPS) is 11.6. The molecule has 0 spiro atoms. The van der Waals surface area contributed by atoms with E-state index >= 15 is 0 Å². The maximum absolute atomic E-state index is 13.3. The molecule has 4 aromatic rings. The molecule has 1 aromatic heterocycles. The lowest BCUT2D eigenvalue weighted by Gasteiger charge is -2.19. The van der Waals surface area contributed by atoms with E-state index in [4.69, 9.17) is 0 Å². The van der Waals surface area contributed by atoms with Crippen molar-refractivity contribution in [1.29, 1.82) is 0 Å². The molecule has 0 aliphatic rings. The van der Waals surface area contributed by atoms with Gasteiger partial charge in [-0.3, -0.25) is 9.59 Å². The fourth-order valence-electron chi connectivity index (χ4n) is 4.00. The van der Waals surface area contributed by atoms with Gasteiger partial charge in [0.2, 0.25) is 5.91 Å². The van der Waals surface area contributed by atoms with Gasteiger partial charge >= 0.3 is 0 Å². The minimum absolute atomic E-state index is 0.0373. The highest BCUT2D eigenvalue weighted by Crippen LogP contribution is 2.27. The predicted octanol–water partition coefficient (Wildman–Crippen LogP) is 6.83. The molecular formula is C30H33N3O2. The molecule has 0 aliphatic heterocycles. The Bertz CT molecular complexity index is 1340. The molecule has 0 atom stereocenters. The number of carbonyl (C=O) groups excluding carboxylic acids is 2. The van der Waals surface area contributed by atoms with Gasteiger partial charge in [-0.15, -0.1) is 0 Å². The maximum atomic E-state index is 13.3. The Morgan fingerprint density at radius 2 is 1.51 bits per heavy atom. The van der Waals surface area contributed by atoms with Crippen LogP contribution in [0.3, 0.4) is 0 Å². The van der Waals surface area contributed by atoms with Crippen molar-refractivity contribution in [2.45, 2.75) is 46.6 Å². The summed E-state index contributed by atoms with van der Waals surface area (Å²) >= 11 is 0. The first-order chi connectivity index (χ1) is 16.6. The van der Waals surface area contributed by atoms with Crippen LogP contribution in [0.2, 0.25) is 0 Å². The third-order valence-corrected chi connectivity index (χ3v) is 6.12. The zero-order chi connectivity index (χ0) is 25.2. The van der Waals surface area contributed by atoms with E-state index in [1.807, 2.05) is 73.0 Å². The molecule has 0 bridgehead atoms.